The average molecular weight is 296 g/mol. The molecule has 1 N–H and O–H groups in total. The van der Waals surface area contributed by atoms with Gasteiger partial charge in [0.2, 0.25) is 0 Å². The topological polar surface area (TPSA) is 58.1 Å². The SMILES string of the molecule is O=C1NCCCN1c1cnc(C#Cc2cccc(F)c2)cn1. The molecular formula is C16H13FN4O. The zero-order chi connectivity index (χ0) is 15.4. The van der Waals surface area contributed by atoms with Gasteiger partial charge in [0.05, 0.1) is 12.4 Å². The van der Waals surface area contributed by atoms with Crippen LogP contribution < -0.4 is 10.2 Å². The number of amides is 2. The fourth-order valence-corrected chi connectivity index (χ4v) is 2.08. The van der Waals surface area contributed by atoms with E-state index in [4.69, 9.17) is 0 Å². The van der Waals surface area contributed by atoms with Crippen LogP contribution in [0.1, 0.15) is 17.7 Å². The van der Waals surface area contributed by atoms with E-state index < -0.39 is 0 Å². The third-order valence-corrected chi connectivity index (χ3v) is 3.15. The van der Waals surface area contributed by atoms with E-state index in [0.29, 0.717) is 30.2 Å². The summed E-state index contributed by atoms with van der Waals surface area (Å²) >= 11 is 0. The van der Waals surface area contributed by atoms with Crippen molar-refractivity contribution in [3.05, 3.63) is 53.7 Å². The first-order valence-corrected chi connectivity index (χ1v) is 6.87. The number of aromatic nitrogens is 2. The molecule has 1 aromatic carbocycles. The van der Waals surface area contributed by atoms with Gasteiger partial charge in [-0.3, -0.25) is 4.90 Å². The van der Waals surface area contributed by atoms with Crippen molar-refractivity contribution in [1.29, 1.82) is 0 Å². The van der Waals surface area contributed by atoms with Crippen LogP contribution >= 0.6 is 0 Å². The first-order valence-electron chi connectivity index (χ1n) is 6.87. The van der Waals surface area contributed by atoms with Gasteiger partial charge >= 0.3 is 6.03 Å². The number of anilines is 1. The molecule has 3 rings (SSSR count). The zero-order valence-corrected chi connectivity index (χ0v) is 11.7. The molecule has 0 aliphatic carbocycles. The maximum atomic E-state index is 13.0. The van der Waals surface area contributed by atoms with Gasteiger partial charge in [-0.05, 0) is 30.5 Å². The lowest BCUT2D eigenvalue weighted by Gasteiger charge is -2.25. The minimum Gasteiger partial charge on any atom is -0.338 e. The number of nitrogens with zero attached hydrogens (tertiary/aromatic N) is 3. The smallest absolute Gasteiger partial charge is 0.323 e. The molecule has 1 aliphatic rings. The first kappa shape index (κ1) is 14.0. The molecule has 0 bridgehead atoms. The zero-order valence-electron chi connectivity index (χ0n) is 11.7. The second-order valence-electron chi connectivity index (χ2n) is 4.76. The molecule has 0 unspecified atom stereocenters. The van der Waals surface area contributed by atoms with Crippen LogP contribution in [0, 0.1) is 17.7 Å². The molecule has 110 valence electrons. The predicted molar refractivity (Wildman–Crippen MR) is 79.8 cm³/mol. The van der Waals surface area contributed by atoms with Crippen molar-refractivity contribution in [2.45, 2.75) is 6.42 Å². The molecule has 2 heterocycles. The number of rotatable bonds is 1. The van der Waals surface area contributed by atoms with Crippen LogP contribution in [-0.4, -0.2) is 29.1 Å². The fourth-order valence-electron chi connectivity index (χ4n) is 2.08. The largest absolute Gasteiger partial charge is 0.338 e. The summed E-state index contributed by atoms with van der Waals surface area (Å²) in [6, 6.07) is 5.87. The highest BCUT2D eigenvalue weighted by molar-refractivity contribution is 5.91. The van der Waals surface area contributed by atoms with Gasteiger partial charge in [-0.15, -0.1) is 0 Å². The van der Waals surface area contributed by atoms with Crippen LogP contribution in [0.4, 0.5) is 15.0 Å². The highest BCUT2D eigenvalue weighted by atomic mass is 19.1. The summed E-state index contributed by atoms with van der Waals surface area (Å²) in [5.41, 5.74) is 1.03. The standard InChI is InChI=1S/C16H13FN4O/c17-13-4-1-3-12(9-13)5-6-14-10-20-15(11-19-14)21-8-2-7-18-16(21)22/h1,3-4,9-11H,2,7-8H2,(H,18,22). The molecule has 0 saturated carbocycles. The van der Waals surface area contributed by atoms with Gasteiger partial charge in [-0.25, -0.2) is 19.2 Å². The molecule has 1 saturated heterocycles. The number of nitrogens with one attached hydrogen (secondary N) is 1. The van der Waals surface area contributed by atoms with Crippen LogP contribution in [-0.2, 0) is 0 Å². The fraction of sp³-hybridized carbons (Fsp3) is 0.188. The van der Waals surface area contributed by atoms with Crippen molar-refractivity contribution in [1.82, 2.24) is 15.3 Å². The van der Waals surface area contributed by atoms with Crippen molar-refractivity contribution < 1.29 is 9.18 Å². The molecule has 1 aliphatic heterocycles. The molecule has 2 amide bonds. The molecule has 0 radical (unpaired) electrons. The number of hydrogen-bond acceptors (Lipinski definition) is 3. The maximum Gasteiger partial charge on any atom is 0.323 e. The Bertz CT molecular complexity index is 749. The van der Waals surface area contributed by atoms with Gasteiger partial charge in [-0.2, -0.15) is 0 Å². The highest BCUT2D eigenvalue weighted by Gasteiger charge is 2.20. The van der Waals surface area contributed by atoms with E-state index in [9.17, 15) is 9.18 Å². The molecule has 1 fully saturated rings. The molecule has 2 aromatic rings. The molecule has 1 aromatic heterocycles. The van der Waals surface area contributed by atoms with Gasteiger partial charge in [0.1, 0.15) is 11.5 Å². The van der Waals surface area contributed by atoms with E-state index >= 15 is 0 Å². The summed E-state index contributed by atoms with van der Waals surface area (Å²) in [6.45, 7) is 1.30. The molecule has 0 atom stereocenters. The number of hydrogen-bond donors (Lipinski definition) is 1. The van der Waals surface area contributed by atoms with Crippen LogP contribution in [0.25, 0.3) is 0 Å². The van der Waals surface area contributed by atoms with Crippen molar-refractivity contribution in [3.63, 3.8) is 0 Å². The van der Waals surface area contributed by atoms with Gasteiger partial charge in [0.25, 0.3) is 0 Å². The lowest BCUT2D eigenvalue weighted by molar-refractivity contribution is 0.242. The quantitative estimate of drug-likeness (QED) is 0.818. The molecular weight excluding hydrogens is 283 g/mol. The Morgan fingerprint density at radius 1 is 1.23 bits per heavy atom. The summed E-state index contributed by atoms with van der Waals surface area (Å²) in [7, 11) is 0. The van der Waals surface area contributed by atoms with Gasteiger partial charge in [0, 0.05) is 18.7 Å². The van der Waals surface area contributed by atoms with E-state index in [1.54, 1.807) is 17.0 Å². The number of halogens is 1. The van der Waals surface area contributed by atoms with Crippen LogP contribution in [0.3, 0.4) is 0 Å². The third kappa shape index (κ3) is 3.20. The summed E-state index contributed by atoms with van der Waals surface area (Å²) < 4.78 is 13.0. The molecule has 22 heavy (non-hydrogen) atoms. The monoisotopic (exact) mass is 296 g/mol. The highest BCUT2D eigenvalue weighted by Crippen LogP contribution is 2.12. The summed E-state index contributed by atoms with van der Waals surface area (Å²) in [4.78, 5) is 21.6. The van der Waals surface area contributed by atoms with Gasteiger partial charge < -0.3 is 5.32 Å². The summed E-state index contributed by atoms with van der Waals surface area (Å²) in [5.74, 6) is 5.81. The van der Waals surface area contributed by atoms with E-state index in [1.165, 1.54) is 24.5 Å². The van der Waals surface area contributed by atoms with E-state index in [-0.39, 0.29) is 11.8 Å². The number of benzene rings is 1. The average Bonchev–Trinajstić information content (AvgIpc) is 2.54. The van der Waals surface area contributed by atoms with E-state index in [0.717, 1.165) is 6.42 Å². The Morgan fingerprint density at radius 3 is 2.86 bits per heavy atom. The Labute approximate surface area is 127 Å². The Morgan fingerprint density at radius 2 is 2.14 bits per heavy atom. The maximum absolute atomic E-state index is 13.0. The van der Waals surface area contributed by atoms with Crippen molar-refractivity contribution in [3.8, 4) is 11.8 Å². The lowest BCUT2D eigenvalue weighted by atomic mass is 10.2. The van der Waals surface area contributed by atoms with Crippen molar-refractivity contribution >= 4 is 11.8 Å². The van der Waals surface area contributed by atoms with Gasteiger partial charge in [0.15, 0.2) is 5.82 Å². The van der Waals surface area contributed by atoms with Gasteiger partial charge in [-0.1, -0.05) is 12.0 Å². The second kappa shape index (κ2) is 6.22. The normalized spacial score (nSPS) is 14.0. The minimum atomic E-state index is -0.329. The number of urea groups is 1. The van der Waals surface area contributed by atoms with Crippen molar-refractivity contribution in [2.24, 2.45) is 0 Å². The van der Waals surface area contributed by atoms with Crippen LogP contribution in [0.15, 0.2) is 36.7 Å². The molecule has 5 nitrogen and oxygen atoms in total. The van der Waals surface area contributed by atoms with Crippen molar-refractivity contribution in [2.75, 3.05) is 18.0 Å². The summed E-state index contributed by atoms with van der Waals surface area (Å²) in [6.07, 6.45) is 3.89. The number of carbonyl (C=O) groups excluding carboxylic acids is 1. The van der Waals surface area contributed by atoms with E-state index in [2.05, 4.69) is 27.1 Å². The minimum absolute atomic E-state index is 0.167. The van der Waals surface area contributed by atoms with Crippen LogP contribution in [0.5, 0.6) is 0 Å². The Kier molecular flexibility index (Phi) is 3.97. The first-order chi connectivity index (χ1) is 10.7. The second-order valence-corrected chi connectivity index (χ2v) is 4.76. The molecule has 6 heteroatoms. The number of carbonyl (C=O) groups is 1. The third-order valence-electron chi connectivity index (χ3n) is 3.15. The summed E-state index contributed by atoms with van der Waals surface area (Å²) in [5, 5.41) is 2.75. The Hall–Kier alpha value is -2.94. The molecule has 0 spiro atoms. The lowest BCUT2D eigenvalue weighted by Crippen LogP contribution is -2.46. The van der Waals surface area contributed by atoms with Crippen LogP contribution in [0.2, 0.25) is 0 Å². The predicted octanol–water partition coefficient (Wildman–Crippen LogP) is 1.94. The Balaban J connectivity index is 1.76. The van der Waals surface area contributed by atoms with E-state index in [1.807, 2.05) is 0 Å².